The number of amides is 1. The van der Waals surface area contributed by atoms with Gasteiger partial charge in [0.25, 0.3) is 0 Å². The smallest absolute Gasteiger partial charge is 0.234 e. The molecular formula is C8H17N3O. The van der Waals surface area contributed by atoms with Crippen molar-refractivity contribution in [1.82, 2.24) is 4.90 Å². The Bertz CT molecular complexity index is 172. The quantitative estimate of drug-likeness (QED) is 0.576. The molecule has 1 aliphatic rings. The van der Waals surface area contributed by atoms with Crippen LogP contribution in [0.5, 0.6) is 0 Å². The van der Waals surface area contributed by atoms with Crippen LogP contribution in [0.3, 0.4) is 0 Å². The van der Waals surface area contributed by atoms with Crippen LogP contribution in [0, 0.1) is 0 Å². The number of piperidine rings is 1. The first-order valence-electron chi connectivity index (χ1n) is 4.40. The minimum absolute atomic E-state index is 0.170. The van der Waals surface area contributed by atoms with E-state index in [4.69, 9.17) is 11.5 Å². The number of carbonyl (C=O) groups excluding carboxylic acids is 1. The zero-order valence-corrected chi connectivity index (χ0v) is 7.49. The van der Waals surface area contributed by atoms with Gasteiger partial charge >= 0.3 is 0 Å². The lowest BCUT2D eigenvalue weighted by atomic mass is 10.0. The Morgan fingerprint density at radius 1 is 1.67 bits per heavy atom. The zero-order chi connectivity index (χ0) is 9.14. The number of hydrogen-bond acceptors (Lipinski definition) is 3. The highest BCUT2D eigenvalue weighted by Crippen LogP contribution is 2.10. The fraction of sp³-hybridized carbons (Fsp3) is 0.875. The van der Waals surface area contributed by atoms with Crippen molar-refractivity contribution in [2.24, 2.45) is 11.5 Å². The van der Waals surface area contributed by atoms with E-state index in [2.05, 4.69) is 4.90 Å². The van der Waals surface area contributed by atoms with E-state index >= 15 is 0 Å². The second kappa shape index (κ2) is 3.87. The van der Waals surface area contributed by atoms with Gasteiger partial charge in [-0.25, -0.2) is 0 Å². The van der Waals surface area contributed by atoms with Crippen molar-refractivity contribution in [3.63, 3.8) is 0 Å². The highest BCUT2D eigenvalue weighted by molar-refractivity contribution is 5.79. The molecule has 0 aromatic rings. The molecule has 0 aromatic heterocycles. The van der Waals surface area contributed by atoms with Gasteiger partial charge in [-0.1, -0.05) is 0 Å². The standard InChI is InChI=1S/C8H17N3O/c1-6(8(10)12)11-4-2-3-7(9)5-11/h6-7H,2-5,9H2,1H3,(H2,10,12). The molecule has 0 spiro atoms. The Labute approximate surface area is 72.9 Å². The molecule has 0 aliphatic carbocycles. The third-order valence-electron chi connectivity index (χ3n) is 2.45. The van der Waals surface area contributed by atoms with E-state index in [0.29, 0.717) is 0 Å². The zero-order valence-electron chi connectivity index (χ0n) is 7.49. The molecule has 4 N–H and O–H groups in total. The van der Waals surface area contributed by atoms with Crippen LogP contribution < -0.4 is 11.5 Å². The van der Waals surface area contributed by atoms with Gasteiger partial charge in [-0.2, -0.15) is 0 Å². The molecule has 0 radical (unpaired) electrons. The Morgan fingerprint density at radius 3 is 2.83 bits per heavy atom. The van der Waals surface area contributed by atoms with Crippen LogP contribution in [0.25, 0.3) is 0 Å². The van der Waals surface area contributed by atoms with Gasteiger partial charge in [-0.05, 0) is 26.3 Å². The van der Waals surface area contributed by atoms with Gasteiger partial charge in [-0.15, -0.1) is 0 Å². The molecule has 0 aromatic carbocycles. The molecule has 4 heteroatoms. The molecule has 70 valence electrons. The predicted molar refractivity (Wildman–Crippen MR) is 47.4 cm³/mol. The van der Waals surface area contributed by atoms with Crippen molar-refractivity contribution >= 4 is 5.91 Å². The number of primary amides is 1. The molecule has 1 amide bonds. The maximum absolute atomic E-state index is 10.8. The van der Waals surface area contributed by atoms with Crippen LogP contribution in [-0.2, 0) is 4.79 Å². The van der Waals surface area contributed by atoms with Crippen molar-refractivity contribution < 1.29 is 4.79 Å². The summed E-state index contributed by atoms with van der Waals surface area (Å²) in [5.74, 6) is -0.260. The van der Waals surface area contributed by atoms with Crippen LogP contribution in [-0.4, -0.2) is 36.0 Å². The summed E-state index contributed by atoms with van der Waals surface area (Å²) in [6.07, 6.45) is 2.13. The molecule has 4 nitrogen and oxygen atoms in total. The summed E-state index contributed by atoms with van der Waals surface area (Å²) in [5.41, 5.74) is 11.0. The SMILES string of the molecule is CC(C(N)=O)N1CCCC(N)C1. The van der Waals surface area contributed by atoms with E-state index in [1.807, 2.05) is 6.92 Å². The Balaban J connectivity index is 2.45. The average Bonchev–Trinajstić information content (AvgIpc) is 2.03. The molecule has 1 fully saturated rings. The second-order valence-corrected chi connectivity index (χ2v) is 3.48. The van der Waals surface area contributed by atoms with Gasteiger partial charge in [0.1, 0.15) is 0 Å². The summed E-state index contributed by atoms with van der Waals surface area (Å²) in [5, 5.41) is 0. The van der Waals surface area contributed by atoms with Gasteiger partial charge < -0.3 is 11.5 Å². The minimum atomic E-state index is -0.260. The van der Waals surface area contributed by atoms with E-state index in [9.17, 15) is 4.79 Å². The van der Waals surface area contributed by atoms with Gasteiger partial charge in [0.05, 0.1) is 6.04 Å². The summed E-state index contributed by atoms with van der Waals surface area (Å²) < 4.78 is 0. The lowest BCUT2D eigenvalue weighted by Crippen LogP contribution is -2.51. The highest BCUT2D eigenvalue weighted by atomic mass is 16.1. The molecular weight excluding hydrogens is 154 g/mol. The fourth-order valence-corrected chi connectivity index (χ4v) is 1.57. The Hall–Kier alpha value is -0.610. The first-order chi connectivity index (χ1) is 5.61. The highest BCUT2D eigenvalue weighted by Gasteiger charge is 2.23. The summed E-state index contributed by atoms with van der Waals surface area (Å²) >= 11 is 0. The van der Waals surface area contributed by atoms with Gasteiger partial charge in [0.15, 0.2) is 0 Å². The molecule has 1 heterocycles. The Morgan fingerprint density at radius 2 is 2.33 bits per heavy atom. The van der Waals surface area contributed by atoms with Crippen molar-refractivity contribution in [1.29, 1.82) is 0 Å². The molecule has 1 rings (SSSR count). The molecule has 2 unspecified atom stereocenters. The van der Waals surface area contributed by atoms with Gasteiger partial charge in [0, 0.05) is 12.6 Å². The monoisotopic (exact) mass is 171 g/mol. The van der Waals surface area contributed by atoms with E-state index in [-0.39, 0.29) is 18.0 Å². The topological polar surface area (TPSA) is 72.4 Å². The minimum Gasteiger partial charge on any atom is -0.368 e. The summed E-state index contributed by atoms with van der Waals surface area (Å²) in [7, 11) is 0. The number of nitrogens with two attached hydrogens (primary N) is 2. The van der Waals surface area contributed by atoms with Gasteiger partial charge in [-0.3, -0.25) is 9.69 Å². The Kier molecular flexibility index (Phi) is 3.05. The van der Waals surface area contributed by atoms with E-state index in [0.717, 1.165) is 25.9 Å². The second-order valence-electron chi connectivity index (χ2n) is 3.48. The summed E-state index contributed by atoms with van der Waals surface area (Å²) in [6, 6.07) is 0.0388. The number of likely N-dealkylation sites (tertiary alicyclic amines) is 1. The molecule has 1 saturated heterocycles. The molecule has 0 bridgehead atoms. The first-order valence-corrected chi connectivity index (χ1v) is 4.40. The van der Waals surface area contributed by atoms with E-state index in [1.54, 1.807) is 0 Å². The fourth-order valence-electron chi connectivity index (χ4n) is 1.57. The van der Waals surface area contributed by atoms with Crippen LogP contribution in [0.4, 0.5) is 0 Å². The van der Waals surface area contributed by atoms with Crippen LogP contribution >= 0.6 is 0 Å². The third-order valence-corrected chi connectivity index (χ3v) is 2.45. The van der Waals surface area contributed by atoms with Crippen molar-refractivity contribution in [3.05, 3.63) is 0 Å². The van der Waals surface area contributed by atoms with Crippen molar-refractivity contribution in [2.75, 3.05) is 13.1 Å². The lowest BCUT2D eigenvalue weighted by molar-refractivity contribution is -0.123. The van der Waals surface area contributed by atoms with E-state index < -0.39 is 0 Å². The molecule has 1 aliphatic heterocycles. The predicted octanol–water partition coefficient (Wildman–Crippen LogP) is -0.717. The number of nitrogens with zero attached hydrogens (tertiary/aromatic N) is 1. The van der Waals surface area contributed by atoms with Crippen LogP contribution in [0.15, 0.2) is 0 Å². The van der Waals surface area contributed by atoms with E-state index in [1.165, 1.54) is 0 Å². The average molecular weight is 171 g/mol. The van der Waals surface area contributed by atoms with Crippen LogP contribution in [0.2, 0.25) is 0 Å². The molecule has 12 heavy (non-hydrogen) atoms. The lowest BCUT2D eigenvalue weighted by Gasteiger charge is -2.33. The van der Waals surface area contributed by atoms with Crippen molar-refractivity contribution in [2.45, 2.75) is 31.8 Å². The number of carbonyl (C=O) groups is 1. The maximum Gasteiger partial charge on any atom is 0.234 e. The summed E-state index contributed by atoms with van der Waals surface area (Å²) in [6.45, 7) is 3.57. The summed E-state index contributed by atoms with van der Waals surface area (Å²) in [4.78, 5) is 12.9. The number of hydrogen-bond donors (Lipinski definition) is 2. The van der Waals surface area contributed by atoms with Gasteiger partial charge in [0.2, 0.25) is 5.91 Å². The number of rotatable bonds is 2. The molecule has 2 atom stereocenters. The normalized spacial score (nSPS) is 28.3. The maximum atomic E-state index is 10.8. The molecule has 0 saturated carbocycles. The van der Waals surface area contributed by atoms with Crippen molar-refractivity contribution in [3.8, 4) is 0 Å². The third kappa shape index (κ3) is 2.19. The largest absolute Gasteiger partial charge is 0.368 e. The first kappa shape index (κ1) is 9.48. The van der Waals surface area contributed by atoms with Crippen LogP contribution in [0.1, 0.15) is 19.8 Å².